The molecular weight excluding hydrogens is 264 g/mol. The van der Waals surface area contributed by atoms with Crippen molar-refractivity contribution in [3.05, 3.63) is 52.6 Å². The predicted octanol–water partition coefficient (Wildman–Crippen LogP) is 2.29. The molecule has 0 bridgehead atoms. The molecule has 2 aromatic heterocycles. The lowest BCUT2D eigenvalue weighted by Gasteiger charge is -2.28. The zero-order chi connectivity index (χ0) is 13.4. The maximum absolute atomic E-state index is 12.1. The highest BCUT2D eigenvalue weighted by Crippen LogP contribution is 2.30. The van der Waals surface area contributed by atoms with Crippen LogP contribution >= 0.6 is 11.6 Å². The molecule has 0 saturated carbocycles. The Morgan fingerprint density at radius 1 is 1.16 bits per heavy atom. The molecule has 2 aromatic rings. The van der Waals surface area contributed by atoms with E-state index < -0.39 is 0 Å². The summed E-state index contributed by atoms with van der Waals surface area (Å²) in [5.74, 6) is -0.215. The number of fused-ring (bicyclic) bond motifs is 1. The van der Waals surface area contributed by atoms with Crippen molar-refractivity contribution >= 4 is 23.2 Å². The Labute approximate surface area is 115 Å². The molecule has 0 spiro atoms. The molecule has 3 rings (SSSR count). The van der Waals surface area contributed by atoms with Crippen molar-refractivity contribution in [2.75, 3.05) is 5.32 Å². The number of nitrogens with one attached hydrogen (secondary N) is 2. The van der Waals surface area contributed by atoms with Crippen LogP contribution in [0.25, 0.3) is 0 Å². The summed E-state index contributed by atoms with van der Waals surface area (Å²) in [6, 6.07) is 1.97. The Bertz CT molecular complexity index is 659. The lowest BCUT2D eigenvalue weighted by atomic mass is 10.1. The van der Waals surface area contributed by atoms with Gasteiger partial charge in [-0.05, 0) is 18.6 Å². The maximum atomic E-state index is 12.1. The summed E-state index contributed by atoms with van der Waals surface area (Å²) in [4.78, 5) is 20.2. The van der Waals surface area contributed by atoms with E-state index in [2.05, 4.69) is 20.6 Å². The van der Waals surface area contributed by atoms with E-state index in [1.54, 1.807) is 18.6 Å². The number of aromatic nitrogens is 2. The standard InChI is InChI=1S/C13H11ClN4O/c1-7-2-8(4-15-3-7)12-17-10-6-16-5-9(14)11(10)13(19)18-12/h2-6,12,17H,1H3,(H,18,19). The number of halogens is 1. The van der Waals surface area contributed by atoms with Gasteiger partial charge in [-0.25, -0.2) is 0 Å². The van der Waals surface area contributed by atoms with E-state index in [0.717, 1.165) is 11.1 Å². The highest BCUT2D eigenvalue weighted by molar-refractivity contribution is 6.34. The van der Waals surface area contributed by atoms with E-state index in [-0.39, 0.29) is 12.1 Å². The number of carbonyl (C=O) groups is 1. The first-order valence-electron chi connectivity index (χ1n) is 5.77. The number of nitrogens with zero attached hydrogens (tertiary/aromatic N) is 2. The Morgan fingerprint density at radius 2 is 1.95 bits per heavy atom. The molecule has 1 amide bonds. The van der Waals surface area contributed by atoms with Gasteiger partial charge in [0.2, 0.25) is 0 Å². The minimum absolute atomic E-state index is 0.215. The fraction of sp³-hybridized carbons (Fsp3) is 0.154. The molecule has 1 aliphatic rings. The van der Waals surface area contributed by atoms with E-state index in [0.29, 0.717) is 16.3 Å². The maximum Gasteiger partial charge on any atom is 0.256 e. The van der Waals surface area contributed by atoms with E-state index in [1.165, 1.54) is 6.20 Å². The Kier molecular flexibility index (Phi) is 2.83. The molecular formula is C13H11ClN4O. The first-order chi connectivity index (χ1) is 9.15. The summed E-state index contributed by atoms with van der Waals surface area (Å²) in [7, 11) is 0. The normalized spacial score (nSPS) is 17.4. The minimum Gasteiger partial charge on any atom is -0.360 e. The van der Waals surface area contributed by atoms with Crippen molar-refractivity contribution < 1.29 is 4.79 Å². The van der Waals surface area contributed by atoms with Crippen LogP contribution in [-0.2, 0) is 0 Å². The zero-order valence-corrected chi connectivity index (χ0v) is 10.9. The molecule has 0 aliphatic carbocycles. The molecule has 0 saturated heterocycles. The van der Waals surface area contributed by atoms with Gasteiger partial charge >= 0.3 is 0 Å². The van der Waals surface area contributed by atoms with Crippen molar-refractivity contribution in [1.82, 2.24) is 15.3 Å². The average Bonchev–Trinajstić information content (AvgIpc) is 2.38. The van der Waals surface area contributed by atoms with Crippen LogP contribution in [0.15, 0.2) is 30.9 Å². The van der Waals surface area contributed by atoms with Crippen molar-refractivity contribution in [1.29, 1.82) is 0 Å². The molecule has 2 N–H and O–H groups in total. The summed E-state index contributed by atoms with van der Waals surface area (Å²) in [6.07, 6.45) is 6.20. The number of rotatable bonds is 1. The fourth-order valence-electron chi connectivity index (χ4n) is 2.07. The highest BCUT2D eigenvalue weighted by Gasteiger charge is 2.27. The molecule has 0 fully saturated rings. The predicted molar refractivity (Wildman–Crippen MR) is 72.1 cm³/mol. The van der Waals surface area contributed by atoms with Crippen molar-refractivity contribution in [2.24, 2.45) is 0 Å². The van der Waals surface area contributed by atoms with Gasteiger partial charge in [-0.1, -0.05) is 11.6 Å². The number of hydrogen-bond donors (Lipinski definition) is 2. The van der Waals surface area contributed by atoms with Crippen molar-refractivity contribution in [3.8, 4) is 0 Å². The second-order valence-electron chi connectivity index (χ2n) is 4.39. The van der Waals surface area contributed by atoms with Gasteiger partial charge in [0, 0.05) is 24.2 Å². The van der Waals surface area contributed by atoms with Crippen LogP contribution < -0.4 is 10.6 Å². The van der Waals surface area contributed by atoms with Crippen LogP contribution in [0.5, 0.6) is 0 Å². The molecule has 1 unspecified atom stereocenters. The summed E-state index contributed by atoms with van der Waals surface area (Å²) < 4.78 is 0. The van der Waals surface area contributed by atoms with Gasteiger partial charge in [0.05, 0.1) is 22.5 Å². The SMILES string of the molecule is Cc1cncc(C2NC(=O)c3c(Cl)cncc3N2)c1. The molecule has 1 aliphatic heterocycles. The van der Waals surface area contributed by atoms with Crippen LogP contribution in [0.3, 0.4) is 0 Å². The van der Waals surface area contributed by atoms with Gasteiger partial charge in [0.25, 0.3) is 5.91 Å². The number of aryl methyl sites for hydroxylation is 1. The first-order valence-corrected chi connectivity index (χ1v) is 6.15. The van der Waals surface area contributed by atoms with Crippen LogP contribution in [0.1, 0.15) is 27.7 Å². The number of amides is 1. The highest BCUT2D eigenvalue weighted by atomic mass is 35.5. The quantitative estimate of drug-likeness (QED) is 0.837. The molecule has 0 radical (unpaired) electrons. The average molecular weight is 275 g/mol. The summed E-state index contributed by atoms with van der Waals surface area (Å²) >= 11 is 5.98. The molecule has 5 nitrogen and oxygen atoms in total. The summed E-state index contributed by atoms with van der Waals surface area (Å²) in [5, 5.41) is 6.38. The fourth-order valence-corrected chi connectivity index (χ4v) is 2.32. The molecule has 3 heterocycles. The smallest absolute Gasteiger partial charge is 0.256 e. The molecule has 6 heteroatoms. The third-order valence-corrected chi connectivity index (χ3v) is 3.22. The summed E-state index contributed by atoms with van der Waals surface area (Å²) in [6.45, 7) is 1.95. The van der Waals surface area contributed by atoms with Crippen LogP contribution in [0.4, 0.5) is 5.69 Å². The molecule has 1 atom stereocenters. The van der Waals surface area contributed by atoms with E-state index in [9.17, 15) is 4.79 Å². The monoisotopic (exact) mass is 274 g/mol. The number of anilines is 1. The Morgan fingerprint density at radius 3 is 2.74 bits per heavy atom. The molecule has 19 heavy (non-hydrogen) atoms. The Balaban J connectivity index is 2.00. The minimum atomic E-state index is -0.326. The van der Waals surface area contributed by atoms with Crippen LogP contribution in [-0.4, -0.2) is 15.9 Å². The topological polar surface area (TPSA) is 66.9 Å². The third-order valence-electron chi connectivity index (χ3n) is 2.93. The van der Waals surface area contributed by atoms with Gasteiger partial charge in [-0.2, -0.15) is 0 Å². The van der Waals surface area contributed by atoms with E-state index in [1.807, 2.05) is 13.0 Å². The van der Waals surface area contributed by atoms with E-state index in [4.69, 9.17) is 11.6 Å². The number of hydrogen-bond acceptors (Lipinski definition) is 4. The second kappa shape index (κ2) is 4.51. The van der Waals surface area contributed by atoms with Gasteiger partial charge < -0.3 is 10.6 Å². The lowest BCUT2D eigenvalue weighted by Crippen LogP contribution is -2.38. The second-order valence-corrected chi connectivity index (χ2v) is 4.80. The molecule has 0 aromatic carbocycles. The van der Waals surface area contributed by atoms with E-state index >= 15 is 0 Å². The Hall–Kier alpha value is -2.14. The first kappa shape index (κ1) is 11.9. The van der Waals surface area contributed by atoms with Gasteiger partial charge in [0.1, 0.15) is 6.17 Å². The third kappa shape index (κ3) is 2.13. The largest absolute Gasteiger partial charge is 0.360 e. The van der Waals surface area contributed by atoms with Crippen LogP contribution in [0.2, 0.25) is 5.02 Å². The zero-order valence-electron chi connectivity index (χ0n) is 10.1. The van der Waals surface area contributed by atoms with Gasteiger partial charge in [-0.15, -0.1) is 0 Å². The number of carbonyl (C=O) groups excluding carboxylic acids is 1. The van der Waals surface area contributed by atoms with Crippen LogP contribution in [0, 0.1) is 6.92 Å². The van der Waals surface area contributed by atoms with Gasteiger partial charge in [-0.3, -0.25) is 14.8 Å². The number of pyridine rings is 2. The molecule has 96 valence electrons. The van der Waals surface area contributed by atoms with Crippen molar-refractivity contribution in [2.45, 2.75) is 13.1 Å². The lowest BCUT2D eigenvalue weighted by molar-refractivity contribution is 0.0935. The van der Waals surface area contributed by atoms with Gasteiger partial charge in [0.15, 0.2) is 0 Å². The van der Waals surface area contributed by atoms with Crippen molar-refractivity contribution in [3.63, 3.8) is 0 Å². The summed E-state index contributed by atoms with van der Waals surface area (Å²) in [5.41, 5.74) is 2.97.